The minimum Gasteiger partial charge on any atom is -0.368 e. The largest absolute Gasteiger partial charge is 0.368 e. The molecule has 3 aromatic rings. The Balaban J connectivity index is 1.60. The predicted octanol–water partition coefficient (Wildman–Crippen LogP) is 3.60. The van der Waals surface area contributed by atoms with Crippen molar-refractivity contribution in [2.75, 3.05) is 31.6 Å². The van der Waals surface area contributed by atoms with E-state index in [1.807, 2.05) is 6.20 Å². The van der Waals surface area contributed by atoms with Crippen molar-refractivity contribution in [1.82, 2.24) is 9.88 Å². The number of benzene rings is 2. The number of para-hydroxylation sites is 1. The van der Waals surface area contributed by atoms with E-state index in [4.69, 9.17) is 0 Å². The van der Waals surface area contributed by atoms with Crippen LogP contribution >= 0.6 is 0 Å². The highest BCUT2D eigenvalue weighted by Gasteiger charge is 2.25. The number of hydrogen-bond donors (Lipinski definition) is 0. The number of piperazine rings is 1. The van der Waals surface area contributed by atoms with Gasteiger partial charge in [0.2, 0.25) is 0 Å². The number of pyridine rings is 1. The van der Waals surface area contributed by atoms with Crippen molar-refractivity contribution < 1.29 is 0 Å². The summed E-state index contributed by atoms with van der Waals surface area (Å²) in [6, 6.07) is 21.9. The van der Waals surface area contributed by atoms with Crippen LogP contribution in [0.5, 0.6) is 0 Å². The fraction of sp³-hybridized carbons (Fsp3) is 0.286. The molecule has 0 amide bonds. The predicted molar refractivity (Wildman–Crippen MR) is 101 cm³/mol. The molecule has 1 saturated heterocycles. The number of nitrogens with zero attached hydrogens (tertiary/aromatic N) is 3. The van der Waals surface area contributed by atoms with E-state index in [2.05, 4.69) is 82.5 Å². The topological polar surface area (TPSA) is 19.4 Å². The zero-order valence-electron chi connectivity index (χ0n) is 14.1. The fourth-order valence-electron chi connectivity index (χ4n) is 3.63. The van der Waals surface area contributed by atoms with E-state index in [1.165, 1.54) is 16.6 Å². The van der Waals surface area contributed by atoms with Crippen LogP contribution in [0, 0.1) is 0 Å². The smallest absolute Gasteiger partial charge is 0.0722 e. The van der Waals surface area contributed by atoms with Gasteiger partial charge in [-0.2, -0.15) is 0 Å². The lowest BCUT2D eigenvalue weighted by molar-refractivity contribution is 0.217. The van der Waals surface area contributed by atoms with Gasteiger partial charge in [0.1, 0.15) is 0 Å². The summed E-state index contributed by atoms with van der Waals surface area (Å²) in [7, 11) is 2.25. The first-order chi connectivity index (χ1) is 11.8. The maximum atomic E-state index is 4.50. The molecule has 1 aliphatic heterocycles. The highest BCUT2D eigenvalue weighted by atomic mass is 15.3. The first kappa shape index (κ1) is 15.2. The van der Waals surface area contributed by atoms with E-state index in [0.29, 0.717) is 6.04 Å². The summed E-state index contributed by atoms with van der Waals surface area (Å²) in [5.41, 5.74) is 3.80. The Bertz CT molecular complexity index is 810. The summed E-state index contributed by atoms with van der Waals surface area (Å²) < 4.78 is 0. The lowest BCUT2D eigenvalue weighted by atomic mass is 10.0. The molecule has 3 nitrogen and oxygen atoms in total. The normalized spacial score (nSPS) is 18.9. The van der Waals surface area contributed by atoms with E-state index in [-0.39, 0.29) is 0 Å². The summed E-state index contributed by atoms with van der Waals surface area (Å²) in [5.74, 6) is 0. The van der Waals surface area contributed by atoms with Gasteiger partial charge in [0.15, 0.2) is 0 Å². The minimum atomic E-state index is 0.535. The van der Waals surface area contributed by atoms with Gasteiger partial charge in [0.05, 0.1) is 5.52 Å². The van der Waals surface area contributed by atoms with Crippen LogP contribution in [0.15, 0.2) is 66.9 Å². The minimum absolute atomic E-state index is 0.535. The molecule has 24 heavy (non-hydrogen) atoms. The lowest BCUT2D eigenvalue weighted by Gasteiger charge is -2.41. The third-order valence-electron chi connectivity index (χ3n) is 5.06. The van der Waals surface area contributed by atoms with Crippen LogP contribution in [0.4, 0.5) is 5.69 Å². The van der Waals surface area contributed by atoms with Gasteiger partial charge < -0.3 is 4.90 Å². The Morgan fingerprint density at radius 1 is 0.958 bits per heavy atom. The summed E-state index contributed by atoms with van der Waals surface area (Å²) in [6.45, 7) is 3.21. The van der Waals surface area contributed by atoms with E-state index in [9.17, 15) is 0 Å². The molecule has 0 aliphatic carbocycles. The van der Waals surface area contributed by atoms with Crippen LogP contribution in [-0.2, 0) is 6.42 Å². The molecule has 1 fully saturated rings. The SMILES string of the molecule is CN1CCN(c2ccnc3ccccc23)CC1Cc1ccccc1. The molecule has 2 heterocycles. The first-order valence-corrected chi connectivity index (χ1v) is 8.64. The molecule has 1 atom stereocenters. The van der Waals surface area contributed by atoms with Crippen molar-refractivity contribution in [2.24, 2.45) is 0 Å². The number of aromatic nitrogens is 1. The second kappa shape index (κ2) is 6.62. The van der Waals surface area contributed by atoms with Crippen LogP contribution in [0.1, 0.15) is 5.56 Å². The Labute approximate surface area is 143 Å². The van der Waals surface area contributed by atoms with Crippen molar-refractivity contribution in [1.29, 1.82) is 0 Å². The molecule has 0 spiro atoms. The fourth-order valence-corrected chi connectivity index (χ4v) is 3.63. The van der Waals surface area contributed by atoms with E-state index in [0.717, 1.165) is 31.6 Å². The van der Waals surface area contributed by atoms with Gasteiger partial charge in [0, 0.05) is 42.9 Å². The average Bonchev–Trinajstić information content (AvgIpc) is 2.64. The number of rotatable bonds is 3. The molecule has 4 rings (SSSR count). The molecule has 1 aliphatic rings. The summed E-state index contributed by atoms with van der Waals surface area (Å²) in [5, 5.41) is 1.25. The van der Waals surface area contributed by atoms with Gasteiger partial charge in [-0.25, -0.2) is 0 Å². The van der Waals surface area contributed by atoms with E-state index in [1.54, 1.807) is 0 Å². The second-order valence-electron chi connectivity index (χ2n) is 6.62. The molecule has 0 bridgehead atoms. The average molecular weight is 317 g/mol. The van der Waals surface area contributed by atoms with Crippen molar-refractivity contribution in [3.63, 3.8) is 0 Å². The maximum Gasteiger partial charge on any atom is 0.0722 e. The van der Waals surface area contributed by atoms with Crippen molar-refractivity contribution >= 4 is 16.6 Å². The summed E-state index contributed by atoms with van der Waals surface area (Å²) >= 11 is 0. The molecule has 122 valence electrons. The number of fused-ring (bicyclic) bond motifs is 1. The maximum absolute atomic E-state index is 4.50. The number of hydrogen-bond acceptors (Lipinski definition) is 3. The molecule has 0 saturated carbocycles. The second-order valence-corrected chi connectivity index (χ2v) is 6.62. The third kappa shape index (κ3) is 3.00. The lowest BCUT2D eigenvalue weighted by Crippen LogP contribution is -2.52. The van der Waals surface area contributed by atoms with Crippen molar-refractivity contribution in [3.8, 4) is 0 Å². The van der Waals surface area contributed by atoms with Gasteiger partial charge in [0.25, 0.3) is 0 Å². The van der Waals surface area contributed by atoms with Crippen LogP contribution in [-0.4, -0.2) is 42.6 Å². The zero-order valence-corrected chi connectivity index (χ0v) is 14.1. The van der Waals surface area contributed by atoms with Gasteiger partial charge in [-0.15, -0.1) is 0 Å². The van der Waals surface area contributed by atoms with Gasteiger partial charge >= 0.3 is 0 Å². The Hall–Kier alpha value is -2.39. The summed E-state index contributed by atoms with van der Waals surface area (Å²) in [4.78, 5) is 9.52. The molecular formula is C21H23N3. The number of anilines is 1. The Morgan fingerprint density at radius 3 is 2.62 bits per heavy atom. The molecule has 0 N–H and O–H groups in total. The molecule has 2 aromatic carbocycles. The number of likely N-dealkylation sites (N-methyl/N-ethyl adjacent to an activating group) is 1. The monoisotopic (exact) mass is 317 g/mol. The Kier molecular flexibility index (Phi) is 4.18. The van der Waals surface area contributed by atoms with E-state index < -0.39 is 0 Å². The zero-order chi connectivity index (χ0) is 16.4. The third-order valence-corrected chi connectivity index (χ3v) is 5.06. The van der Waals surface area contributed by atoms with Gasteiger partial charge in [-0.3, -0.25) is 9.88 Å². The molecule has 1 unspecified atom stereocenters. The van der Waals surface area contributed by atoms with Crippen LogP contribution in [0.3, 0.4) is 0 Å². The standard InChI is InChI=1S/C21H23N3/c1-23-13-14-24(16-18(23)15-17-7-3-2-4-8-17)21-11-12-22-20-10-6-5-9-19(20)21/h2-12,18H,13-16H2,1H3. The summed E-state index contributed by atoms with van der Waals surface area (Å²) in [6.07, 6.45) is 3.03. The van der Waals surface area contributed by atoms with E-state index >= 15 is 0 Å². The Morgan fingerprint density at radius 2 is 1.75 bits per heavy atom. The molecule has 1 aromatic heterocycles. The molecule has 0 radical (unpaired) electrons. The van der Waals surface area contributed by atoms with Crippen molar-refractivity contribution in [3.05, 3.63) is 72.4 Å². The highest BCUT2D eigenvalue weighted by Crippen LogP contribution is 2.27. The molecule has 3 heteroatoms. The van der Waals surface area contributed by atoms with Crippen LogP contribution in [0.25, 0.3) is 10.9 Å². The van der Waals surface area contributed by atoms with Crippen LogP contribution < -0.4 is 4.90 Å². The van der Waals surface area contributed by atoms with Crippen molar-refractivity contribution in [2.45, 2.75) is 12.5 Å². The van der Waals surface area contributed by atoms with Crippen LogP contribution in [0.2, 0.25) is 0 Å². The quantitative estimate of drug-likeness (QED) is 0.736. The van der Waals surface area contributed by atoms with Gasteiger partial charge in [-0.1, -0.05) is 48.5 Å². The van der Waals surface area contributed by atoms with Gasteiger partial charge in [-0.05, 0) is 31.2 Å². The first-order valence-electron chi connectivity index (χ1n) is 8.64. The highest BCUT2D eigenvalue weighted by molar-refractivity contribution is 5.91. The molecular weight excluding hydrogens is 294 g/mol.